The number of nitrogens with zero attached hydrogens (tertiary/aromatic N) is 3. The van der Waals surface area contributed by atoms with Crippen LogP contribution in [0.15, 0.2) is 65.0 Å². The topological polar surface area (TPSA) is 92.0 Å². The van der Waals surface area contributed by atoms with E-state index in [1.54, 1.807) is 35.0 Å². The van der Waals surface area contributed by atoms with Gasteiger partial charge in [0, 0.05) is 17.5 Å². The normalized spacial score (nSPS) is 13.0. The molecular formula is C26H19N3O5S2. The highest BCUT2D eigenvalue weighted by molar-refractivity contribution is 7.16. The minimum Gasteiger partial charge on any atom is -0.465 e. The maximum Gasteiger partial charge on any atom is 0.326 e. The molecule has 0 radical (unpaired) electrons. The lowest BCUT2D eigenvalue weighted by atomic mass is 10.1. The number of hydrogen-bond acceptors (Lipinski definition) is 8. The van der Waals surface area contributed by atoms with E-state index < -0.39 is 11.9 Å². The summed E-state index contributed by atoms with van der Waals surface area (Å²) in [4.78, 5) is 36.6. The Hall–Kier alpha value is -4.02. The molecule has 0 bridgehead atoms. The lowest BCUT2D eigenvalue weighted by molar-refractivity contribution is -0.143. The van der Waals surface area contributed by atoms with Crippen molar-refractivity contribution >= 4 is 55.7 Å². The summed E-state index contributed by atoms with van der Waals surface area (Å²) < 4.78 is 18.7. The van der Waals surface area contributed by atoms with Gasteiger partial charge < -0.3 is 18.8 Å². The largest absolute Gasteiger partial charge is 0.465 e. The van der Waals surface area contributed by atoms with Crippen LogP contribution in [-0.2, 0) is 16.1 Å². The molecule has 8 nitrogen and oxygen atoms in total. The van der Waals surface area contributed by atoms with Crippen molar-refractivity contribution in [2.75, 3.05) is 13.4 Å². The molecule has 0 aliphatic carbocycles. The molecule has 36 heavy (non-hydrogen) atoms. The SMILES string of the molecule is CCOC(=O)Cn1c(=NC(=O)c2cc(-c3cccs3)nc3ccccc23)sc2cc3c(cc21)OCO3. The Labute approximate surface area is 213 Å². The zero-order valence-electron chi connectivity index (χ0n) is 19.1. The van der Waals surface area contributed by atoms with Crippen molar-refractivity contribution in [3.63, 3.8) is 0 Å². The fraction of sp³-hybridized carbons (Fsp3) is 0.154. The number of thiazole rings is 1. The summed E-state index contributed by atoms with van der Waals surface area (Å²) in [6.07, 6.45) is 0. The first-order valence-corrected chi connectivity index (χ1v) is 12.9. The van der Waals surface area contributed by atoms with Gasteiger partial charge in [0.2, 0.25) is 6.79 Å². The molecule has 180 valence electrons. The van der Waals surface area contributed by atoms with E-state index in [1.807, 2.05) is 47.8 Å². The number of pyridine rings is 1. The number of thiophene rings is 1. The van der Waals surface area contributed by atoms with Crippen LogP contribution < -0.4 is 14.3 Å². The van der Waals surface area contributed by atoms with E-state index in [4.69, 9.17) is 19.2 Å². The van der Waals surface area contributed by atoms with E-state index in [0.717, 1.165) is 9.58 Å². The van der Waals surface area contributed by atoms with Gasteiger partial charge in [-0.1, -0.05) is 35.6 Å². The molecule has 0 spiro atoms. The van der Waals surface area contributed by atoms with Crippen molar-refractivity contribution in [2.24, 2.45) is 4.99 Å². The monoisotopic (exact) mass is 517 g/mol. The van der Waals surface area contributed by atoms with Crippen molar-refractivity contribution in [2.45, 2.75) is 13.5 Å². The van der Waals surface area contributed by atoms with Crippen LogP contribution in [0.2, 0.25) is 0 Å². The number of fused-ring (bicyclic) bond motifs is 3. The summed E-state index contributed by atoms with van der Waals surface area (Å²) in [5.74, 6) is 0.357. The first-order valence-electron chi connectivity index (χ1n) is 11.2. The number of carbonyl (C=O) groups excluding carboxylic acids is 2. The fourth-order valence-electron chi connectivity index (χ4n) is 4.08. The number of hydrogen-bond donors (Lipinski definition) is 0. The lowest BCUT2D eigenvalue weighted by Crippen LogP contribution is -2.23. The van der Waals surface area contributed by atoms with Crippen LogP contribution in [0.4, 0.5) is 0 Å². The average Bonchev–Trinajstić information content (AvgIpc) is 3.63. The zero-order valence-corrected chi connectivity index (χ0v) is 20.7. The Bertz CT molecular complexity index is 1700. The molecule has 1 aliphatic rings. The molecule has 0 N–H and O–H groups in total. The van der Waals surface area contributed by atoms with Gasteiger partial charge in [0.25, 0.3) is 5.91 Å². The maximum atomic E-state index is 13.6. The number of amides is 1. The summed E-state index contributed by atoms with van der Waals surface area (Å²) in [5, 5.41) is 2.68. The van der Waals surface area contributed by atoms with Gasteiger partial charge in [0.05, 0.1) is 38.5 Å². The molecule has 0 saturated carbocycles. The Kier molecular flexibility index (Phi) is 5.74. The molecule has 10 heteroatoms. The van der Waals surface area contributed by atoms with Crippen molar-refractivity contribution in [3.05, 3.63) is 70.3 Å². The minimum atomic E-state index is -0.421. The average molecular weight is 518 g/mol. The summed E-state index contributed by atoms with van der Waals surface area (Å²) >= 11 is 2.85. The van der Waals surface area contributed by atoms with Gasteiger partial charge in [-0.3, -0.25) is 9.59 Å². The summed E-state index contributed by atoms with van der Waals surface area (Å²) in [7, 11) is 0. The number of esters is 1. The van der Waals surface area contributed by atoms with Crippen LogP contribution in [0.1, 0.15) is 17.3 Å². The highest BCUT2D eigenvalue weighted by Gasteiger charge is 2.20. The second-order valence-corrected chi connectivity index (χ2v) is 9.87. The second-order valence-electron chi connectivity index (χ2n) is 7.92. The molecule has 3 aromatic heterocycles. The first-order chi connectivity index (χ1) is 17.6. The Morgan fingerprint density at radius 3 is 2.75 bits per heavy atom. The number of para-hydroxylation sites is 1. The number of benzene rings is 2. The molecule has 1 aliphatic heterocycles. The van der Waals surface area contributed by atoms with Crippen LogP contribution in [0.3, 0.4) is 0 Å². The van der Waals surface area contributed by atoms with Gasteiger partial charge in [0.1, 0.15) is 6.54 Å². The fourth-order valence-corrected chi connectivity index (χ4v) is 5.81. The van der Waals surface area contributed by atoms with Gasteiger partial charge in [-0.25, -0.2) is 4.98 Å². The van der Waals surface area contributed by atoms with Crippen molar-refractivity contribution in [3.8, 4) is 22.1 Å². The van der Waals surface area contributed by atoms with Gasteiger partial charge in [-0.2, -0.15) is 4.99 Å². The number of carbonyl (C=O) groups is 2. The van der Waals surface area contributed by atoms with Crippen LogP contribution in [-0.4, -0.2) is 34.8 Å². The highest BCUT2D eigenvalue weighted by atomic mass is 32.1. The minimum absolute atomic E-state index is 0.0862. The molecular weight excluding hydrogens is 498 g/mol. The number of rotatable bonds is 5. The standard InChI is InChI=1S/C26H19N3O5S2/c1-2-32-24(30)13-29-19-11-20-21(34-14-33-20)12-23(19)36-26(29)28-25(31)16-10-18(22-8-5-9-35-22)27-17-7-4-3-6-15(16)17/h3-12H,2,13-14H2,1H3. The van der Waals surface area contributed by atoms with Crippen LogP contribution in [0.5, 0.6) is 11.5 Å². The Balaban J connectivity index is 1.52. The summed E-state index contributed by atoms with van der Waals surface area (Å²) in [5.41, 5.74) is 2.58. The molecule has 2 aromatic carbocycles. The van der Waals surface area contributed by atoms with Crippen LogP contribution >= 0.6 is 22.7 Å². The van der Waals surface area contributed by atoms with Crippen LogP contribution in [0.25, 0.3) is 31.7 Å². The predicted molar refractivity (Wildman–Crippen MR) is 138 cm³/mol. The predicted octanol–water partition coefficient (Wildman–Crippen LogP) is 5.01. The number of aromatic nitrogens is 2. The van der Waals surface area contributed by atoms with Gasteiger partial charge in [-0.15, -0.1) is 11.3 Å². The third kappa shape index (κ3) is 4.04. The maximum absolute atomic E-state index is 13.6. The highest BCUT2D eigenvalue weighted by Crippen LogP contribution is 2.37. The molecule has 6 rings (SSSR count). The van der Waals surface area contributed by atoms with Gasteiger partial charge in [-0.05, 0) is 30.5 Å². The Morgan fingerprint density at radius 2 is 1.94 bits per heavy atom. The second kappa shape index (κ2) is 9.21. The molecule has 4 heterocycles. The van der Waals surface area contributed by atoms with E-state index in [2.05, 4.69) is 4.99 Å². The smallest absolute Gasteiger partial charge is 0.326 e. The van der Waals surface area contributed by atoms with E-state index in [-0.39, 0.29) is 19.9 Å². The first kappa shape index (κ1) is 22.4. The third-order valence-electron chi connectivity index (χ3n) is 5.69. The van der Waals surface area contributed by atoms with Gasteiger partial charge >= 0.3 is 5.97 Å². The van der Waals surface area contributed by atoms with Gasteiger partial charge in [0.15, 0.2) is 16.3 Å². The molecule has 0 saturated heterocycles. The van der Waals surface area contributed by atoms with E-state index >= 15 is 0 Å². The molecule has 0 unspecified atom stereocenters. The van der Waals surface area contributed by atoms with Crippen molar-refractivity contribution < 1.29 is 23.8 Å². The summed E-state index contributed by atoms with van der Waals surface area (Å²) in [6.45, 7) is 2.06. The zero-order chi connectivity index (χ0) is 24.6. The molecule has 0 fully saturated rings. The summed E-state index contributed by atoms with van der Waals surface area (Å²) in [6, 6.07) is 16.8. The quantitative estimate of drug-likeness (QED) is 0.304. The lowest BCUT2D eigenvalue weighted by Gasteiger charge is -2.07. The number of ether oxygens (including phenoxy) is 3. The third-order valence-corrected chi connectivity index (χ3v) is 7.62. The van der Waals surface area contributed by atoms with Crippen molar-refractivity contribution in [1.82, 2.24) is 9.55 Å². The van der Waals surface area contributed by atoms with E-state index in [9.17, 15) is 9.59 Å². The van der Waals surface area contributed by atoms with E-state index in [0.29, 0.717) is 44.0 Å². The van der Waals surface area contributed by atoms with E-state index in [1.165, 1.54) is 11.3 Å². The molecule has 5 aromatic rings. The Morgan fingerprint density at radius 1 is 1.11 bits per heavy atom. The van der Waals surface area contributed by atoms with Crippen molar-refractivity contribution in [1.29, 1.82) is 0 Å². The molecule has 1 amide bonds. The molecule has 0 atom stereocenters. The van der Waals surface area contributed by atoms with Crippen LogP contribution in [0, 0.1) is 0 Å².